The third kappa shape index (κ3) is 4.00. The van der Waals surface area contributed by atoms with Crippen LogP contribution in [-0.4, -0.2) is 29.3 Å². The highest BCUT2D eigenvalue weighted by Gasteiger charge is 2.15. The molecule has 23 heavy (non-hydrogen) atoms. The zero-order valence-electron chi connectivity index (χ0n) is 12.1. The van der Waals surface area contributed by atoms with E-state index in [-0.39, 0.29) is 24.9 Å². The molecule has 2 aromatic carbocycles. The second kappa shape index (κ2) is 7.63. The number of aromatic hydroxyl groups is 1. The molecule has 0 spiro atoms. The number of hydrogen-bond acceptors (Lipinski definition) is 4. The van der Waals surface area contributed by atoms with E-state index in [0.717, 1.165) is 4.47 Å². The summed E-state index contributed by atoms with van der Waals surface area (Å²) in [5.41, 5.74) is 7.37. The first-order valence-corrected chi connectivity index (χ1v) is 7.56. The van der Waals surface area contributed by atoms with Crippen molar-refractivity contribution < 1.29 is 10.2 Å². The highest BCUT2D eigenvalue weighted by Crippen LogP contribution is 2.29. The molecule has 0 saturated heterocycles. The first-order valence-electron chi connectivity index (χ1n) is 6.77. The molecule has 0 aliphatic heterocycles. The van der Waals surface area contributed by atoms with Gasteiger partial charge in [-0.1, -0.05) is 12.1 Å². The predicted octanol–water partition coefficient (Wildman–Crippen LogP) is 2.47. The van der Waals surface area contributed by atoms with Crippen molar-refractivity contribution >= 4 is 33.3 Å². The molecule has 0 aliphatic carbocycles. The minimum Gasteiger partial charge on any atom is -0.506 e. The van der Waals surface area contributed by atoms with Crippen molar-refractivity contribution in [3.63, 3.8) is 0 Å². The SMILES string of the molecule is N#Cc1ccc(N(CCO)C(N)=Nc2ccccc2Br)c(O)c1. The molecule has 4 N–H and O–H groups in total. The van der Waals surface area contributed by atoms with Crippen LogP contribution >= 0.6 is 15.9 Å². The lowest BCUT2D eigenvalue weighted by atomic mass is 10.2. The number of phenolic OH excluding ortho intramolecular Hbond substituents is 1. The van der Waals surface area contributed by atoms with E-state index >= 15 is 0 Å². The van der Waals surface area contributed by atoms with Crippen LogP contribution in [0.4, 0.5) is 11.4 Å². The number of anilines is 1. The van der Waals surface area contributed by atoms with Crippen LogP contribution in [-0.2, 0) is 0 Å². The maximum atomic E-state index is 10.1. The van der Waals surface area contributed by atoms with Crippen molar-refractivity contribution in [2.24, 2.45) is 10.7 Å². The highest BCUT2D eigenvalue weighted by molar-refractivity contribution is 9.10. The number of halogens is 1. The van der Waals surface area contributed by atoms with Gasteiger partial charge in [0.2, 0.25) is 5.96 Å². The van der Waals surface area contributed by atoms with Crippen LogP contribution < -0.4 is 10.6 Å². The summed E-state index contributed by atoms with van der Waals surface area (Å²) in [5, 5.41) is 28.2. The van der Waals surface area contributed by atoms with E-state index in [1.807, 2.05) is 24.3 Å². The van der Waals surface area contributed by atoms with Gasteiger partial charge in [0.25, 0.3) is 0 Å². The number of rotatable bonds is 4. The molecule has 0 atom stereocenters. The van der Waals surface area contributed by atoms with E-state index < -0.39 is 0 Å². The largest absolute Gasteiger partial charge is 0.506 e. The maximum Gasteiger partial charge on any atom is 0.201 e. The van der Waals surface area contributed by atoms with E-state index in [4.69, 9.17) is 11.0 Å². The lowest BCUT2D eigenvalue weighted by Gasteiger charge is -2.23. The molecular formula is C16H15BrN4O2. The number of phenols is 1. The number of guanidine groups is 1. The molecule has 0 aliphatic rings. The molecule has 2 rings (SSSR count). The van der Waals surface area contributed by atoms with Crippen molar-refractivity contribution in [2.75, 3.05) is 18.1 Å². The summed E-state index contributed by atoms with van der Waals surface area (Å²) in [7, 11) is 0. The quantitative estimate of drug-likeness (QED) is 0.562. The molecule has 0 heterocycles. The number of aliphatic imine (C=N–C) groups is 1. The number of benzene rings is 2. The highest BCUT2D eigenvalue weighted by atomic mass is 79.9. The summed E-state index contributed by atoms with van der Waals surface area (Å²) in [6.07, 6.45) is 0. The summed E-state index contributed by atoms with van der Waals surface area (Å²) in [4.78, 5) is 5.81. The molecule has 6 nitrogen and oxygen atoms in total. The summed E-state index contributed by atoms with van der Waals surface area (Å²) in [5.74, 6) is 0.00809. The number of nitriles is 1. The Morgan fingerprint density at radius 2 is 2.04 bits per heavy atom. The minimum atomic E-state index is -0.175. The number of aliphatic hydroxyl groups excluding tert-OH is 1. The van der Waals surface area contributed by atoms with Gasteiger partial charge in [0, 0.05) is 11.0 Å². The molecule has 0 radical (unpaired) electrons. The van der Waals surface area contributed by atoms with Crippen LogP contribution in [0.25, 0.3) is 0 Å². The number of nitrogens with zero attached hydrogens (tertiary/aromatic N) is 3. The average Bonchev–Trinajstić information content (AvgIpc) is 2.55. The van der Waals surface area contributed by atoms with Crippen molar-refractivity contribution in [1.29, 1.82) is 5.26 Å². The smallest absolute Gasteiger partial charge is 0.201 e. The summed E-state index contributed by atoms with van der Waals surface area (Å²) in [6.45, 7) is -0.0229. The zero-order chi connectivity index (χ0) is 16.8. The van der Waals surface area contributed by atoms with Gasteiger partial charge in [0.05, 0.1) is 29.6 Å². The van der Waals surface area contributed by atoms with Gasteiger partial charge in [-0.15, -0.1) is 0 Å². The molecule has 0 amide bonds. The lowest BCUT2D eigenvalue weighted by molar-refractivity contribution is 0.306. The van der Waals surface area contributed by atoms with E-state index in [2.05, 4.69) is 20.9 Å². The molecule has 118 valence electrons. The van der Waals surface area contributed by atoms with Crippen LogP contribution in [0.2, 0.25) is 0 Å². The van der Waals surface area contributed by atoms with E-state index in [1.165, 1.54) is 11.0 Å². The third-order valence-corrected chi connectivity index (χ3v) is 3.75. The van der Waals surface area contributed by atoms with Crippen molar-refractivity contribution in [2.45, 2.75) is 0 Å². The van der Waals surface area contributed by atoms with E-state index in [1.54, 1.807) is 18.2 Å². The van der Waals surface area contributed by atoms with Crippen molar-refractivity contribution in [3.05, 3.63) is 52.5 Å². The van der Waals surface area contributed by atoms with Gasteiger partial charge in [0.15, 0.2) is 0 Å². The van der Waals surface area contributed by atoms with Gasteiger partial charge in [-0.25, -0.2) is 4.99 Å². The van der Waals surface area contributed by atoms with E-state index in [0.29, 0.717) is 16.9 Å². The second-order valence-electron chi connectivity index (χ2n) is 4.61. The fourth-order valence-electron chi connectivity index (χ4n) is 2.01. The molecule has 0 unspecified atom stereocenters. The fourth-order valence-corrected chi connectivity index (χ4v) is 2.38. The zero-order valence-corrected chi connectivity index (χ0v) is 13.7. The van der Waals surface area contributed by atoms with E-state index in [9.17, 15) is 10.2 Å². The van der Waals surface area contributed by atoms with Crippen LogP contribution in [0.5, 0.6) is 5.75 Å². The Kier molecular flexibility index (Phi) is 5.57. The normalized spacial score (nSPS) is 11.1. The molecule has 2 aromatic rings. The minimum absolute atomic E-state index is 0.109. The standard InChI is InChI=1S/C16H15BrN4O2/c17-12-3-1-2-4-13(12)20-16(19)21(7-8-22)14-6-5-11(10-18)9-15(14)23/h1-6,9,22-23H,7-8H2,(H2,19,20). The third-order valence-electron chi connectivity index (χ3n) is 3.08. The molecule has 7 heteroatoms. The molecule has 0 bridgehead atoms. The molecular weight excluding hydrogens is 360 g/mol. The summed E-state index contributed by atoms with van der Waals surface area (Å²) in [6, 6.07) is 13.7. The number of aliphatic hydroxyl groups is 1. The first-order chi connectivity index (χ1) is 11.1. The molecule has 0 aromatic heterocycles. The van der Waals surface area contributed by atoms with Gasteiger partial charge in [-0.2, -0.15) is 5.26 Å². The van der Waals surface area contributed by atoms with Crippen LogP contribution in [0, 0.1) is 11.3 Å². The average molecular weight is 375 g/mol. The van der Waals surface area contributed by atoms with Crippen molar-refractivity contribution in [3.8, 4) is 11.8 Å². The monoisotopic (exact) mass is 374 g/mol. The Balaban J connectivity index is 2.42. The number of nitrogens with two attached hydrogens (primary N) is 1. The van der Waals surface area contributed by atoms with Crippen molar-refractivity contribution in [1.82, 2.24) is 0 Å². The van der Waals surface area contributed by atoms with Gasteiger partial charge < -0.3 is 20.8 Å². The Bertz CT molecular complexity index is 771. The number of para-hydroxylation sites is 1. The van der Waals surface area contributed by atoms with Crippen LogP contribution in [0.3, 0.4) is 0 Å². The summed E-state index contributed by atoms with van der Waals surface area (Å²) < 4.78 is 0.774. The summed E-state index contributed by atoms with van der Waals surface area (Å²) >= 11 is 3.39. The topological polar surface area (TPSA) is 106 Å². The Morgan fingerprint density at radius 1 is 1.30 bits per heavy atom. The van der Waals surface area contributed by atoms with Crippen LogP contribution in [0.1, 0.15) is 5.56 Å². The van der Waals surface area contributed by atoms with Gasteiger partial charge in [-0.05, 0) is 46.3 Å². The Morgan fingerprint density at radius 3 is 2.65 bits per heavy atom. The fraction of sp³-hybridized carbons (Fsp3) is 0.125. The predicted molar refractivity (Wildman–Crippen MR) is 92.7 cm³/mol. The maximum absolute atomic E-state index is 10.1. The Labute approximate surface area is 142 Å². The van der Waals surface area contributed by atoms with Gasteiger partial charge in [-0.3, -0.25) is 0 Å². The Hall–Kier alpha value is -2.56. The first kappa shape index (κ1) is 16.8. The second-order valence-corrected chi connectivity index (χ2v) is 5.47. The van der Waals surface area contributed by atoms with Gasteiger partial charge >= 0.3 is 0 Å². The molecule has 0 saturated carbocycles. The number of hydrogen-bond donors (Lipinski definition) is 3. The van der Waals surface area contributed by atoms with Crippen LogP contribution in [0.15, 0.2) is 51.9 Å². The molecule has 0 fully saturated rings. The lowest BCUT2D eigenvalue weighted by Crippen LogP contribution is -2.39. The van der Waals surface area contributed by atoms with Gasteiger partial charge in [0.1, 0.15) is 5.75 Å².